The van der Waals surface area contributed by atoms with Crippen molar-refractivity contribution >= 4 is 37.2 Å². The van der Waals surface area contributed by atoms with E-state index in [0.29, 0.717) is 0 Å². The van der Waals surface area contributed by atoms with Crippen LogP contribution >= 0.6 is 37.2 Å². The van der Waals surface area contributed by atoms with Crippen LogP contribution < -0.4 is 0 Å². The van der Waals surface area contributed by atoms with Crippen LogP contribution in [0.2, 0.25) is 0 Å². The largest absolute Gasteiger partial charge is 0.342 e. The molecule has 3 aromatic carbocycles. The molecule has 1 saturated heterocycles. The number of hydrogen-bond acceptors (Lipinski definition) is 3. The maximum atomic E-state index is 5.01. The molecule has 1 aliphatic rings. The van der Waals surface area contributed by atoms with Gasteiger partial charge in [-0.2, -0.15) is 0 Å². The van der Waals surface area contributed by atoms with Crippen molar-refractivity contribution in [2.24, 2.45) is 0 Å². The molecule has 4 nitrogen and oxygen atoms in total. The van der Waals surface area contributed by atoms with Gasteiger partial charge in [-0.15, -0.1) is 37.2 Å². The van der Waals surface area contributed by atoms with Gasteiger partial charge in [0.25, 0.3) is 0 Å². The molecule has 1 N–H and O–H groups in total. The van der Waals surface area contributed by atoms with Crippen LogP contribution in [0, 0.1) is 20.8 Å². The van der Waals surface area contributed by atoms with Crippen molar-refractivity contribution in [2.75, 3.05) is 26.2 Å². The van der Waals surface area contributed by atoms with Crippen LogP contribution in [0.1, 0.15) is 52.6 Å². The van der Waals surface area contributed by atoms with Gasteiger partial charge in [0.05, 0.1) is 17.8 Å². The lowest BCUT2D eigenvalue weighted by Crippen LogP contribution is -2.48. The highest BCUT2D eigenvalue weighted by molar-refractivity contribution is 5.86. The number of aromatic amines is 1. The van der Waals surface area contributed by atoms with Crippen LogP contribution in [0.3, 0.4) is 0 Å². The van der Waals surface area contributed by atoms with Crippen LogP contribution in [0.4, 0.5) is 0 Å². The molecule has 0 amide bonds. The van der Waals surface area contributed by atoms with Crippen molar-refractivity contribution in [3.05, 3.63) is 113 Å². The summed E-state index contributed by atoms with van der Waals surface area (Å²) in [4.78, 5) is 13.8. The standard InChI is InChI=1S/C31H36N4.3ClH/c1-22-10-8-14-27(20-22)30(28-15-9-11-23(2)21-28)35-18-16-34(17-19-35)25(4)29-24(3)32-31(33-29)26-12-6-5-7-13-26;;;/h5-15,20-21,25,30H,16-19H2,1-4H3,(H,32,33);3*1H. The van der Waals surface area contributed by atoms with E-state index in [1.807, 2.05) is 6.07 Å². The number of hydrogen-bond donors (Lipinski definition) is 1. The minimum Gasteiger partial charge on any atom is -0.342 e. The lowest BCUT2D eigenvalue weighted by Gasteiger charge is -2.41. The Kier molecular flexibility index (Phi) is 11.9. The number of H-pyrrole nitrogens is 1. The van der Waals surface area contributed by atoms with Crippen molar-refractivity contribution in [2.45, 2.75) is 39.8 Å². The maximum absolute atomic E-state index is 5.01. The molecular weight excluding hydrogens is 535 g/mol. The molecule has 0 bridgehead atoms. The van der Waals surface area contributed by atoms with Gasteiger partial charge >= 0.3 is 0 Å². The Morgan fingerprint density at radius 2 is 1.21 bits per heavy atom. The van der Waals surface area contributed by atoms with Gasteiger partial charge < -0.3 is 4.98 Å². The van der Waals surface area contributed by atoms with E-state index < -0.39 is 0 Å². The van der Waals surface area contributed by atoms with E-state index in [4.69, 9.17) is 4.98 Å². The lowest BCUT2D eigenvalue weighted by molar-refractivity contribution is 0.0826. The lowest BCUT2D eigenvalue weighted by atomic mass is 9.94. The fourth-order valence-corrected chi connectivity index (χ4v) is 5.46. The van der Waals surface area contributed by atoms with Crippen molar-refractivity contribution < 1.29 is 0 Å². The molecule has 4 aromatic rings. The monoisotopic (exact) mass is 572 g/mol. The number of aryl methyl sites for hydroxylation is 3. The first kappa shape index (κ1) is 31.9. The highest BCUT2D eigenvalue weighted by Crippen LogP contribution is 2.33. The van der Waals surface area contributed by atoms with Gasteiger partial charge in [-0.05, 0) is 38.8 Å². The third kappa shape index (κ3) is 6.99. The molecule has 1 atom stereocenters. The summed E-state index contributed by atoms with van der Waals surface area (Å²) in [5, 5.41) is 0. The summed E-state index contributed by atoms with van der Waals surface area (Å²) in [5.41, 5.74) is 8.85. The Morgan fingerprint density at radius 3 is 1.74 bits per heavy atom. The van der Waals surface area contributed by atoms with Crippen LogP contribution in [-0.4, -0.2) is 45.9 Å². The number of rotatable bonds is 6. The summed E-state index contributed by atoms with van der Waals surface area (Å²) in [7, 11) is 0. The van der Waals surface area contributed by atoms with E-state index >= 15 is 0 Å². The summed E-state index contributed by atoms with van der Waals surface area (Å²) in [6.07, 6.45) is 0. The van der Waals surface area contributed by atoms with Crippen LogP contribution in [0.15, 0.2) is 78.9 Å². The summed E-state index contributed by atoms with van der Waals surface area (Å²) in [5.74, 6) is 0.961. The van der Waals surface area contributed by atoms with Crippen molar-refractivity contribution in [1.82, 2.24) is 19.8 Å². The molecule has 0 spiro atoms. The molecule has 38 heavy (non-hydrogen) atoms. The zero-order chi connectivity index (χ0) is 24.4. The number of aromatic nitrogens is 2. The summed E-state index contributed by atoms with van der Waals surface area (Å²) < 4.78 is 0. The minimum absolute atomic E-state index is 0. The average molecular weight is 574 g/mol. The summed E-state index contributed by atoms with van der Waals surface area (Å²) in [6.45, 7) is 12.9. The Bertz CT molecular complexity index is 1240. The predicted octanol–water partition coefficient (Wildman–Crippen LogP) is 7.74. The third-order valence-corrected chi connectivity index (χ3v) is 7.34. The topological polar surface area (TPSA) is 35.2 Å². The second-order valence-electron chi connectivity index (χ2n) is 9.94. The minimum atomic E-state index is 0. The fraction of sp³-hybridized carbons (Fsp3) is 0.323. The van der Waals surface area contributed by atoms with Crippen LogP contribution in [0.5, 0.6) is 0 Å². The number of benzene rings is 3. The van der Waals surface area contributed by atoms with Gasteiger partial charge in [-0.3, -0.25) is 9.80 Å². The highest BCUT2D eigenvalue weighted by Gasteiger charge is 2.30. The summed E-state index contributed by atoms with van der Waals surface area (Å²) >= 11 is 0. The molecule has 2 heterocycles. The van der Waals surface area contributed by atoms with E-state index in [1.54, 1.807) is 0 Å². The number of piperazine rings is 1. The molecule has 1 fully saturated rings. The van der Waals surface area contributed by atoms with Gasteiger partial charge in [0.15, 0.2) is 0 Å². The van der Waals surface area contributed by atoms with Crippen LogP contribution in [0.25, 0.3) is 11.4 Å². The van der Waals surface area contributed by atoms with E-state index in [-0.39, 0.29) is 49.3 Å². The van der Waals surface area contributed by atoms with E-state index in [0.717, 1.165) is 49.0 Å². The fourth-order valence-electron chi connectivity index (χ4n) is 5.46. The van der Waals surface area contributed by atoms with Crippen molar-refractivity contribution in [3.8, 4) is 11.4 Å². The predicted molar refractivity (Wildman–Crippen MR) is 166 cm³/mol. The third-order valence-electron chi connectivity index (χ3n) is 7.34. The molecule has 7 heteroatoms. The molecule has 0 saturated carbocycles. The molecule has 1 unspecified atom stereocenters. The molecule has 0 aliphatic carbocycles. The number of nitrogens with one attached hydrogen (secondary N) is 1. The zero-order valence-corrected chi connectivity index (χ0v) is 25.0. The quantitative estimate of drug-likeness (QED) is 0.256. The Balaban J connectivity index is 0.00000169. The Labute approximate surface area is 246 Å². The first-order valence-electron chi connectivity index (χ1n) is 12.7. The van der Waals surface area contributed by atoms with Gasteiger partial charge in [-0.1, -0.05) is 90.0 Å². The normalized spacial score (nSPS) is 14.8. The average Bonchev–Trinajstić information content (AvgIpc) is 3.26. The molecule has 5 rings (SSSR count). The molecule has 1 aliphatic heterocycles. The SMILES string of the molecule is Cc1cccc(C(c2cccc(C)c2)N2CCN(C(C)c3nc(-c4ccccc4)[nH]c3C)CC2)c1.Cl.Cl.Cl. The second-order valence-corrected chi connectivity index (χ2v) is 9.94. The molecule has 0 radical (unpaired) electrons. The van der Waals surface area contributed by atoms with Gasteiger partial charge in [0.2, 0.25) is 0 Å². The smallest absolute Gasteiger partial charge is 0.137 e. The Morgan fingerprint density at radius 1 is 0.684 bits per heavy atom. The highest BCUT2D eigenvalue weighted by atomic mass is 35.5. The number of halogens is 3. The van der Waals surface area contributed by atoms with Gasteiger partial charge in [-0.25, -0.2) is 4.98 Å². The van der Waals surface area contributed by atoms with E-state index in [2.05, 4.69) is 115 Å². The van der Waals surface area contributed by atoms with Gasteiger partial charge in [0, 0.05) is 37.4 Å². The van der Waals surface area contributed by atoms with Crippen LogP contribution in [-0.2, 0) is 0 Å². The maximum Gasteiger partial charge on any atom is 0.137 e. The first-order chi connectivity index (χ1) is 17.0. The number of imidazole rings is 1. The molecule has 1 aromatic heterocycles. The zero-order valence-electron chi connectivity index (χ0n) is 22.6. The van der Waals surface area contributed by atoms with E-state index in [1.165, 1.54) is 22.3 Å². The first-order valence-corrected chi connectivity index (χ1v) is 12.7. The van der Waals surface area contributed by atoms with Crippen molar-refractivity contribution in [1.29, 1.82) is 0 Å². The summed E-state index contributed by atoms with van der Waals surface area (Å²) in [6, 6.07) is 29.0. The number of nitrogens with zero attached hydrogens (tertiary/aromatic N) is 3. The molecule has 204 valence electrons. The Hall–Kier alpha value is -2.34. The van der Waals surface area contributed by atoms with E-state index in [9.17, 15) is 0 Å². The van der Waals surface area contributed by atoms with Crippen molar-refractivity contribution in [3.63, 3.8) is 0 Å². The van der Waals surface area contributed by atoms with Gasteiger partial charge in [0.1, 0.15) is 5.82 Å². The molecular formula is C31H39Cl3N4. The second kappa shape index (κ2) is 14.2.